The van der Waals surface area contributed by atoms with Crippen molar-refractivity contribution < 1.29 is 28.1 Å². The molecular weight excluding hydrogens is 850 g/mol. The average Bonchev–Trinajstić information content (AvgIpc) is 4.14. The van der Waals surface area contributed by atoms with E-state index in [9.17, 15) is 5.26 Å². The summed E-state index contributed by atoms with van der Waals surface area (Å²) >= 11 is 0. The third kappa shape index (κ3) is 5.74. The molecule has 0 amide bonds. The molecule has 2 aromatic heterocycles. The first-order valence-corrected chi connectivity index (χ1v) is 22.2. The lowest BCUT2D eigenvalue weighted by molar-refractivity contribution is 0.473. The highest BCUT2D eigenvalue weighted by atomic mass is 16.7. The maximum absolute atomic E-state index is 11.8. The summed E-state index contributed by atoms with van der Waals surface area (Å²) in [5, 5.41) is 17.3. The van der Waals surface area contributed by atoms with Crippen LogP contribution in [0.2, 0.25) is 0 Å². The maximum Gasteiger partial charge on any atom is 0.743 e. The number of nitrogens with zero attached hydrogens (tertiary/aromatic N) is 6. The second-order valence-corrected chi connectivity index (χ2v) is 17.1. The fourth-order valence-electron chi connectivity index (χ4n) is 10.0. The first-order valence-electron chi connectivity index (χ1n) is 22.2. The highest BCUT2D eigenvalue weighted by Gasteiger charge is 2.46. The van der Waals surface area contributed by atoms with Crippen LogP contribution in [0, 0.1) is 24.8 Å². The van der Waals surface area contributed by atoms with Crippen LogP contribution >= 0.6 is 0 Å². The molecule has 0 bridgehead atoms. The first kappa shape index (κ1) is 39.3. The van der Waals surface area contributed by atoms with Crippen molar-refractivity contribution in [1.82, 2.24) is 8.96 Å². The van der Waals surface area contributed by atoms with Crippen LogP contribution in [0.15, 0.2) is 156 Å². The molecule has 322 valence electrons. The Hall–Kier alpha value is -9.13. The number of aliphatic imine (C=N–C) groups is 2. The van der Waals surface area contributed by atoms with E-state index in [1.807, 2.05) is 161 Å². The number of ether oxygens (including phenoxy) is 2. The summed E-state index contributed by atoms with van der Waals surface area (Å²) in [7, 11) is -2.27. The van der Waals surface area contributed by atoms with Gasteiger partial charge in [-0.1, -0.05) is 111 Å². The van der Waals surface area contributed by atoms with Gasteiger partial charge in [0, 0.05) is 22.0 Å². The minimum atomic E-state index is -1.15. The smallest absolute Gasteiger partial charge is 0.503 e. The van der Waals surface area contributed by atoms with Crippen LogP contribution in [0.1, 0.15) is 31.0 Å². The lowest BCUT2D eigenvalue weighted by Gasteiger charge is -2.20. The van der Waals surface area contributed by atoms with Crippen LogP contribution in [-0.2, 0) is 0 Å². The largest absolute Gasteiger partial charge is 0.743 e. The second-order valence-electron chi connectivity index (χ2n) is 17.1. The SMILES string of the molecule is [C-]#[N+]/C(C1=Nc2cccc3cccc(c23)O1)=c1\c2c(C(C)C)n(B3Oc4ccccc4O3)/c(=C(/C#N)C3=Nc4cccc5cccc(c45)O3)c2c(-c2ccccc2C)n1B1Oc2ccccc2O1. The number of benzene rings is 7. The zero-order valence-electron chi connectivity index (χ0n) is 36.7. The lowest BCUT2D eigenvalue weighted by Crippen LogP contribution is -2.46. The van der Waals surface area contributed by atoms with Crippen molar-refractivity contribution in [3.8, 4) is 51.8 Å². The monoisotopic (exact) mass is 884 g/mol. The molecule has 0 saturated heterocycles. The average molecular weight is 885 g/mol. The summed E-state index contributed by atoms with van der Waals surface area (Å²) in [6, 6.07) is 48.8. The Labute approximate surface area is 389 Å². The number of hydrogen-bond donors (Lipinski definition) is 0. The van der Waals surface area contributed by atoms with E-state index in [4.69, 9.17) is 44.6 Å². The molecule has 0 atom stereocenters. The van der Waals surface area contributed by atoms with Gasteiger partial charge < -0.3 is 37.0 Å². The highest BCUT2D eigenvalue weighted by Crippen LogP contribution is 2.43. The predicted molar refractivity (Wildman–Crippen MR) is 264 cm³/mol. The summed E-state index contributed by atoms with van der Waals surface area (Å²) in [5.74, 6) is 3.09. The Morgan fingerprint density at radius 2 is 1.06 bits per heavy atom. The van der Waals surface area contributed by atoms with Crippen LogP contribution in [0.5, 0.6) is 34.5 Å². The maximum atomic E-state index is 11.8. The van der Waals surface area contributed by atoms with E-state index >= 15 is 0 Å². The first-order chi connectivity index (χ1) is 33.4. The van der Waals surface area contributed by atoms with Gasteiger partial charge in [0.05, 0.1) is 45.1 Å². The van der Waals surface area contributed by atoms with Gasteiger partial charge in [0.1, 0.15) is 46.1 Å². The highest BCUT2D eigenvalue weighted by molar-refractivity contribution is 6.49. The van der Waals surface area contributed by atoms with E-state index in [1.165, 1.54) is 0 Å². The molecule has 0 fully saturated rings. The molecule has 0 N–H and O–H groups in total. The number of aromatic nitrogens is 2. The third-order valence-corrected chi connectivity index (χ3v) is 12.8. The van der Waals surface area contributed by atoms with Crippen molar-refractivity contribution >= 4 is 81.3 Å². The van der Waals surface area contributed by atoms with Gasteiger partial charge in [0.2, 0.25) is 11.8 Å². The molecule has 0 aliphatic carbocycles. The van der Waals surface area contributed by atoms with Crippen LogP contribution in [0.4, 0.5) is 11.4 Å². The Morgan fingerprint density at radius 1 is 0.574 bits per heavy atom. The van der Waals surface area contributed by atoms with Gasteiger partial charge in [-0.25, -0.2) is 14.8 Å². The minimum absolute atomic E-state index is 0.0787. The van der Waals surface area contributed by atoms with Crippen molar-refractivity contribution in [3.05, 3.63) is 179 Å². The Bertz CT molecular complexity index is 3800. The topological polar surface area (TPSA) is 118 Å². The number of hydrogen-bond acceptors (Lipinski definition) is 9. The molecule has 6 heterocycles. The van der Waals surface area contributed by atoms with Gasteiger partial charge in [-0.05, 0) is 77.7 Å². The molecule has 0 radical (unpaired) electrons. The number of para-hydroxylation sites is 4. The van der Waals surface area contributed by atoms with E-state index in [1.54, 1.807) is 0 Å². The number of aryl methyl sites for hydroxylation is 1. The Kier molecular flexibility index (Phi) is 8.63. The fraction of sp³-hybridized carbons (Fsp3) is 0.0741. The van der Waals surface area contributed by atoms with Gasteiger partial charge in [-0.2, -0.15) is 5.26 Å². The van der Waals surface area contributed by atoms with Crippen molar-refractivity contribution in [1.29, 1.82) is 5.26 Å². The van der Waals surface area contributed by atoms with E-state index < -0.39 is 14.5 Å². The molecular formula is C54H34B2N6O6. The van der Waals surface area contributed by atoms with Gasteiger partial charge >= 0.3 is 14.5 Å². The molecule has 4 aliphatic heterocycles. The second kappa shape index (κ2) is 15.0. The normalized spacial score (nSPS) is 14.9. The molecule has 0 unspecified atom stereocenters. The zero-order valence-corrected chi connectivity index (χ0v) is 36.7. The fourth-order valence-corrected chi connectivity index (χ4v) is 10.0. The van der Waals surface area contributed by atoms with Gasteiger partial charge in [0.25, 0.3) is 5.70 Å². The van der Waals surface area contributed by atoms with E-state index in [2.05, 4.69) is 24.8 Å². The van der Waals surface area contributed by atoms with Crippen molar-refractivity contribution in [3.63, 3.8) is 0 Å². The third-order valence-electron chi connectivity index (χ3n) is 12.8. The number of fused-ring (bicyclic) bond motifs is 3. The molecule has 9 aromatic rings. The van der Waals surface area contributed by atoms with Crippen LogP contribution < -0.4 is 38.8 Å². The Balaban J connectivity index is 1.25. The zero-order chi connectivity index (χ0) is 45.8. The van der Waals surface area contributed by atoms with Crippen LogP contribution in [0.3, 0.4) is 0 Å². The molecule has 0 spiro atoms. The summed E-state index contributed by atoms with van der Waals surface area (Å²) in [6.07, 6.45) is 0. The summed E-state index contributed by atoms with van der Waals surface area (Å²) in [4.78, 5) is 14.5. The summed E-state index contributed by atoms with van der Waals surface area (Å²) in [5.41, 5.74) is 4.44. The van der Waals surface area contributed by atoms with Gasteiger partial charge in [-0.3, -0.25) is 0 Å². The van der Waals surface area contributed by atoms with Crippen molar-refractivity contribution in [2.75, 3.05) is 0 Å². The standard InChI is InChI=1S/C54H34B2N6O6/c1-30(2)49-46-47(51(61(49)55-65-38-23-7-8-24-39(38)66-55)35(29-57)53-59-36-21-11-16-32-18-13-27-42(63-53)44(32)36)50(34-20-6-5-15-31(34)3)62(56-67-40-25-9-10-26-41(40)68-56)52(46)48(58-4)54-60-37-22-12-17-33-19-14-28-43(64-54)45(33)37/h5-28,30H,1-3H3/b51-35-,52-48+. The lowest BCUT2D eigenvalue weighted by atomic mass is 9.99. The molecule has 12 nitrogen and oxygen atoms in total. The van der Waals surface area contributed by atoms with Crippen LogP contribution in [0.25, 0.3) is 59.7 Å². The quantitative estimate of drug-likeness (QED) is 0.121. The molecule has 7 aromatic carbocycles. The van der Waals surface area contributed by atoms with Crippen molar-refractivity contribution in [2.45, 2.75) is 26.7 Å². The molecule has 68 heavy (non-hydrogen) atoms. The van der Waals surface area contributed by atoms with E-state index in [-0.39, 0.29) is 29.0 Å². The Morgan fingerprint density at radius 3 is 1.59 bits per heavy atom. The summed E-state index contributed by atoms with van der Waals surface area (Å²) < 4.78 is 44.3. The molecule has 14 heteroatoms. The predicted octanol–water partition coefficient (Wildman–Crippen LogP) is 10.4. The molecule has 4 aliphatic rings. The van der Waals surface area contributed by atoms with Crippen molar-refractivity contribution in [2.24, 2.45) is 9.98 Å². The molecule has 13 rings (SSSR count). The van der Waals surface area contributed by atoms with Gasteiger partial charge in [-0.15, -0.1) is 0 Å². The van der Waals surface area contributed by atoms with E-state index in [0.717, 1.165) is 32.7 Å². The molecule has 0 saturated carbocycles. The van der Waals surface area contributed by atoms with Gasteiger partial charge in [0.15, 0.2) is 0 Å². The number of rotatable bonds is 6. The minimum Gasteiger partial charge on any atom is -0.503 e. The number of nitriles is 1. The summed E-state index contributed by atoms with van der Waals surface area (Å²) in [6.45, 7) is 15.3. The van der Waals surface area contributed by atoms with E-state index in [0.29, 0.717) is 78.7 Å². The van der Waals surface area contributed by atoms with Crippen LogP contribution in [-0.4, -0.2) is 35.3 Å².